The molecular weight excluding hydrogens is 322 g/mol. The second-order valence-electron chi connectivity index (χ2n) is 5.25. The molecule has 0 aliphatic rings. The van der Waals surface area contributed by atoms with Crippen LogP contribution in [0.25, 0.3) is 0 Å². The Bertz CT molecular complexity index is 744. The Morgan fingerprint density at radius 1 is 1.12 bits per heavy atom. The molecule has 0 saturated heterocycles. The molecule has 7 nitrogen and oxygen atoms in total. The van der Waals surface area contributed by atoms with Crippen LogP contribution in [0.4, 0.5) is 5.69 Å². The number of nitrogens with zero attached hydrogens (tertiary/aromatic N) is 1. The van der Waals surface area contributed by atoms with E-state index in [2.05, 4.69) is 15.8 Å². The molecule has 0 aromatic heterocycles. The molecule has 132 valence electrons. The summed E-state index contributed by atoms with van der Waals surface area (Å²) >= 11 is 0. The van der Waals surface area contributed by atoms with Gasteiger partial charge in [-0.25, -0.2) is 5.43 Å². The first kappa shape index (κ1) is 18.1. The number of amides is 1. The highest BCUT2D eigenvalue weighted by atomic mass is 16.5. The summed E-state index contributed by atoms with van der Waals surface area (Å²) < 4.78 is 10.2. The van der Waals surface area contributed by atoms with E-state index >= 15 is 0 Å². The summed E-state index contributed by atoms with van der Waals surface area (Å²) in [5.41, 5.74) is 3.66. The zero-order valence-electron chi connectivity index (χ0n) is 14.3. The minimum Gasteiger partial charge on any atom is -0.507 e. The van der Waals surface area contributed by atoms with E-state index in [0.29, 0.717) is 11.3 Å². The fourth-order valence-electron chi connectivity index (χ4n) is 2.03. The largest absolute Gasteiger partial charge is 0.507 e. The van der Waals surface area contributed by atoms with Crippen LogP contribution in [0.2, 0.25) is 0 Å². The van der Waals surface area contributed by atoms with Crippen molar-refractivity contribution >= 4 is 17.8 Å². The minimum absolute atomic E-state index is 0.0446. The molecule has 7 heteroatoms. The zero-order chi connectivity index (χ0) is 18.2. The fraction of sp³-hybridized carbons (Fsp3) is 0.222. The van der Waals surface area contributed by atoms with Crippen LogP contribution in [0.5, 0.6) is 17.2 Å². The number of hydrogen-bond donors (Lipinski definition) is 3. The fourth-order valence-corrected chi connectivity index (χ4v) is 2.03. The van der Waals surface area contributed by atoms with Crippen LogP contribution in [0.3, 0.4) is 0 Å². The van der Waals surface area contributed by atoms with E-state index in [4.69, 9.17) is 9.47 Å². The summed E-state index contributed by atoms with van der Waals surface area (Å²) in [7, 11) is 3.12. The number of aromatic hydroxyl groups is 1. The smallest absolute Gasteiger partial charge is 0.262 e. The van der Waals surface area contributed by atoms with Crippen LogP contribution in [0.15, 0.2) is 47.6 Å². The number of phenolic OH excluding ortho intramolecular Hbond substituents is 1. The number of phenols is 1. The third kappa shape index (κ3) is 5.13. The summed E-state index contributed by atoms with van der Waals surface area (Å²) in [5.74, 6) is 1.06. The van der Waals surface area contributed by atoms with Crippen molar-refractivity contribution in [3.63, 3.8) is 0 Å². The quantitative estimate of drug-likeness (QED) is 0.530. The van der Waals surface area contributed by atoms with Gasteiger partial charge in [0.1, 0.15) is 23.3 Å². The van der Waals surface area contributed by atoms with Crippen LogP contribution in [0, 0.1) is 0 Å². The first-order chi connectivity index (χ1) is 12.0. The highest BCUT2D eigenvalue weighted by molar-refractivity contribution is 5.88. The Hall–Kier alpha value is -3.22. The van der Waals surface area contributed by atoms with Gasteiger partial charge in [0, 0.05) is 11.3 Å². The molecule has 3 N–H and O–H groups in total. The Morgan fingerprint density at radius 2 is 1.76 bits per heavy atom. The van der Waals surface area contributed by atoms with Gasteiger partial charge in [-0.3, -0.25) is 4.79 Å². The number of hydrogen-bond acceptors (Lipinski definition) is 6. The molecule has 0 spiro atoms. The van der Waals surface area contributed by atoms with E-state index in [1.165, 1.54) is 19.4 Å². The average molecular weight is 343 g/mol. The molecular formula is C18H21N3O4. The number of nitrogens with one attached hydrogen (secondary N) is 2. The van der Waals surface area contributed by atoms with Gasteiger partial charge in [-0.2, -0.15) is 5.10 Å². The third-order valence-corrected chi connectivity index (χ3v) is 3.48. The van der Waals surface area contributed by atoms with Crippen molar-refractivity contribution in [2.75, 3.05) is 19.5 Å². The first-order valence-corrected chi connectivity index (χ1v) is 7.64. The van der Waals surface area contributed by atoms with E-state index in [9.17, 15) is 9.90 Å². The monoisotopic (exact) mass is 343 g/mol. The molecule has 2 aromatic rings. The number of ether oxygens (including phenoxy) is 2. The van der Waals surface area contributed by atoms with Crippen molar-refractivity contribution in [2.45, 2.75) is 13.0 Å². The molecule has 1 amide bonds. The highest BCUT2D eigenvalue weighted by Crippen LogP contribution is 2.21. The molecule has 0 aliphatic carbocycles. The Kier molecular flexibility index (Phi) is 6.22. The lowest BCUT2D eigenvalue weighted by atomic mass is 10.2. The Balaban J connectivity index is 1.92. The van der Waals surface area contributed by atoms with Crippen LogP contribution < -0.4 is 20.2 Å². The molecule has 0 aliphatic heterocycles. The summed E-state index contributed by atoms with van der Waals surface area (Å²) in [4.78, 5) is 12.1. The lowest BCUT2D eigenvalue weighted by Crippen LogP contribution is -2.34. The number of hydrazone groups is 1. The molecule has 2 rings (SSSR count). The maximum absolute atomic E-state index is 12.1. The topological polar surface area (TPSA) is 92.2 Å². The van der Waals surface area contributed by atoms with Crippen molar-refractivity contribution in [3.8, 4) is 17.2 Å². The van der Waals surface area contributed by atoms with Crippen LogP contribution >= 0.6 is 0 Å². The van der Waals surface area contributed by atoms with Gasteiger partial charge in [-0.15, -0.1) is 0 Å². The maximum Gasteiger partial charge on any atom is 0.262 e. The number of methoxy groups -OCH3 is 2. The van der Waals surface area contributed by atoms with E-state index < -0.39 is 6.04 Å². The molecule has 0 saturated carbocycles. The third-order valence-electron chi connectivity index (χ3n) is 3.48. The van der Waals surface area contributed by atoms with Gasteiger partial charge >= 0.3 is 0 Å². The van der Waals surface area contributed by atoms with Crippen molar-refractivity contribution < 1.29 is 19.4 Å². The molecule has 25 heavy (non-hydrogen) atoms. The molecule has 1 atom stereocenters. The minimum atomic E-state index is -0.496. The van der Waals surface area contributed by atoms with Gasteiger partial charge in [0.15, 0.2) is 0 Å². The van der Waals surface area contributed by atoms with Crippen molar-refractivity contribution in [1.29, 1.82) is 0 Å². The van der Waals surface area contributed by atoms with E-state index in [-0.39, 0.29) is 11.7 Å². The van der Waals surface area contributed by atoms with E-state index in [1.807, 2.05) is 12.1 Å². The normalized spacial score (nSPS) is 11.8. The maximum atomic E-state index is 12.1. The molecule has 0 bridgehead atoms. The van der Waals surface area contributed by atoms with Crippen LogP contribution in [-0.4, -0.2) is 37.5 Å². The second kappa shape index (κ2) is 8.58. The zero-order valence-corrected chi connectivity index (χ0v) is 14.3. The summed E-state index contributed by atoms with van der Waals surface area (Å²) in [6.07, 6.45) is 1.36. The second-order valence-corrected chi connectivity index (χ2v) is 5.25. The van der Waals surface area contributed by atoms with Gasteiger partial charge in [0.25, 0.3) is 5.91 Å². The summed E-state index contributed by atoms with van der Waals surface area (Å²) in [6.45, 7) is 1.72. The SMILES string of the molecule is COc1ccc(NC(C)C(=O)N/N=C/c2cc(OC)ccc2O)cc1. The predicted molar refractivity (Wildman–Crippen MR) is 96.5 cm³/mol. The molecule has 0 radical (unpaired) electrons. The van der Waals surface area contributed by atoms with Gasteiger partial charge in [-0.1, -0.05) is 0 Å². The Labute approximate surface area is 146 Å². The number of benzene rings is 2. The first-order valence-electron chi connectivity index (χ1n) is 7.64. The highest BCUT2D eigenvalue weighted by Gasteiger charge is 2.11. The van der Waals surface area contributed by atoms with Crippen molar-refractivity contribution in [2.24, 2.45) is 5.10 Å². The lowest BCUT2D eigenvalue weighted by Gasteiger charge is -2.13. The van der Waals surface area contributed by atoms with Crippen LogP contribution in [-0.2, 0) is 4.79 Å². The van der Waals surface area contributed by atoms with Crippen LogP contribution in [0.1, 0.15) is 12.5 Å². The van der Waals surface area contributed by atoms with Crippen molar-refractivity contribution in [3.05, 3.63) is 48.0 Å². The van der Waals surface area contributed by atoms with Gasteiger partial charge in [0.05, 0.1) is 20.4 Å². The average Bonchev–Trinajstić information content (AvgIpc) is 2.63. The number of rotatable bonds is 7. The van der Waals surface area contributed by atoms with E-state index in [1.54, 1.807) is 38.3 Å². The van der Waals surface area contributed by atoms with Gasteiger partial charge < -0.3 is 19.9 Å². The molecule has 0 fully saturated rings. The molecule has 2 aromatic carbocycles. The number of carbonyl (C=O) groups excluding carboxylic acids is 1. The van der Waals surface area contributed by atoms with Crippen molar-refractivity contribution in [1.82, 2.24) is 5.43 Å². The van der Waals surface area contributed by atoms with Gasteiger partial charge in [-0.05, 0) is 49.4 Å². The lowest BCUT2D eigenvalue weighted by molar-refractivity contribution is -0.121. The number of anilines is 1. The number of carbonyl (C=O) groups is 1. The Morgan fingerprint density at radius 3 is 2.40 bits per heavy atom. The van der Waals surface area contributed by atoms with E-state index in [0.717, 1.165) is 11.4 Å². The molecule has 1 unspecified atom stereocenters. The predicted octanol–water partition coefficient (Wildman–Crippen LogP) is 2.36. The standard InChI is InChI=1S/C18H21N3O4/c1-12(20-14-4-6-15(24-2)7-5-14)18(23)21-19-11-13-10-16(25-3)8-9-17(13)22/h4-12,20,22H,1-3H3,(H,21,23)/b19-11+. The summed E-state index contributed by atoms with van der Waals surface area (Å²) in [5, 5.41) is 16.7. The summed E-state index contributed by atoms with van der Waals surface area (Å²) in [6, 6.07) is 11.5. The van der Waals surface area contributed by atoms with Gasteiger partial charge in [0.2, 0.25) is 0 Å². The molecule has 0 heterocycles.